The van der Waals surface area contributed by atoms with E-state index in [-0.39, 0.29) is 29.5 Å². The Morgan fingerprint density at radius 1 is 1.25 bits per heavy atom. The van der Waals surface area contributed by atoms with E-state index in [4.69, 9.17) is 4.42 Å². The molecular weight excluding hydrogens is 394 g/mol. The molecule has 3 rings (SSSR count). The van der Waals surface area contributed by atoms with Gasteiger partial charge in [0.05, 0.1) is 11.2 Å². The topological polar surface area (TPSA) is 88.9 Å². The van der Waals surface area contributed by atoms with Gasteiger partial charge in [0.1, 0.15) is 5.75 Å². The summed E-state index contributed by atoms with van der Waals surface area (Å²) in [5.41, 5.74) is 0.554. The molecule has 28 heavy (non-hydrogen) atoms. The first-order chi connectivity index (χ1) is 13.4. The van der Waals surface area contributed by atoms with Gasteiger partial charge in [-0.15, -0.1) is 0 Å². The van der Waals surface area contributed by atoms with Gasteiger partial charge in [-0.1, -0.05) is 12.1 Å². The minimum absolute atomic E-state index is 0.00690. The molecule has 0 atom stereocenters. The smallest absolute Gasteiger partial charge is 0.387 e. The number of hydrogen-bond acceptors (Lipinski definition) is 6. The number of furan rings is 1. The van der Waals surface area contributed by atoms with Crippen LogP contribution in [0.2, 0.25) is 0 Å². The van der Waals surface area contributed by atoms with E-state index in [1.165, 1.54) is 42.7 Å². The minimum Gasteiger partial charge on any atom is -0.459 e. The Balaban J connectivity index is 1.58. The average Bonchev–Trinajstić information content (AvgIpc) is 3.27. The number of nitrogens with one attached hydrogen (secondary N) is 1. The maximum Gasteiger partial charge on any atom is 0.387 e. The SMILES string of the molecule is O=C(NCCN1C(=O)S/C(=C\c2ccc(OC(F)F)cc2)C1=O)c1ccco1. The summed E-state index contributed by atoms with van der Waals surface area (Å²) in [5.74, 6) is -0.811. The molecule has 0 spiro atoms. The Labute approximate surface area is 162 Å². The first kappa shape index (κ1) is 19.6. The molecule has 1 aliphatic rings. The minimum atomic E-state index is -2.92. The molecule has 0 saturated carbocycles. The number of amides is 3. The Hall–Kier alpha value is -3.14. The molecule has 1 fully saturated rings. The summed E-state index contributed by atoms with van der Waals surface area (Å²) >= 11 is 0.764. The number of alkyl halides is 2. The van der Waals surface area contributed by atoms with E-state index in [0.29, 0.717) is 5.56 Å². The molecule has 1 aliphatic heterocycles. The van der Waals surface area contributed by atoms with E-state index < -0.39 is 23.7 Å². The zero-order valence-corrected chi connectivity index (χ0v) is 15.1. The van der Waals surface area contributed by atoms with Crippen LogP contribution in [0.1, 0.15) is 16.1 Å². The average molecular weight is 408 g/mol. The molecule has 1 saturated heterocycles. The Bertz CT molecular complexity index is 897. The van der Waals surface area contributed by atoms with Crippen molar-refractivity contribution in [1.82, 2.24) is 10.2 Å². The highest BCUT2D eigenvalue weighted by Crippen LogP contribution is 2.32. The summed E-state index contributed by atoms with van der Waals surface area (Å²) in [6, 6.07) is 8.74. The second kappa shape index (κ2) is 8.70. The number of benzene rings is 1. The normalized spacial score (nSPS) is 15.5. The van der Waals surface area contributed by atoms with Crippen LogP contribution in [0, 0.1) is 0 Å². The van der Waals surface area contributed by atoms with E-state index in [1.807, 2.05) is 0 Å². The van der Waals surface area contributed by atoms with Crippen molar-refractivity contribution < 1.29 is 32.3 Å². The lowest BCUT2D eigenvalue weighted by molar-refractivity contribution is -0.122. The van der Waals surface area contributed by atoms with Crippen molar-refractivity contribution in [1.29, 1.82) is 0 Å². The van der Waals surface area contributed by atoms with Crippen molar-refractivity contribution in [2.45, 2.75) is 6.61 Å². The third kappa shape index (κ3) is 4.77. The summed E-state index contributed by atoms with van der Waals surface area (Å²) in [5, 5.41) is 2.10. The summed E-state index contributed by atoms with van der Waals surface area (Å²) in [6.07, 6.45) is 2.85. The first-order valence-electron chi connectivity index (χ1n) is 8.06. The van der Waals surface area contributed by atoms with Crippen LogP contribution < -0.4 is 10.1 Å². The second-order valence-electron chi connectivity index (χ2n) is 5.51. The zero-order valence-electron chi connectivity index (χ0n) is 14.3. The number of carbonyl (C=O) groups excluding carboxylic acids is 3. The van der Waals surface area contributed by atoms with Crippen LogP contribution in [0.25, 0.3) is 6.08 Å². The summed E-state index contributed by atoms with van der Waals surface area (Å²) < 4.78 is 33.5. The fourth-order valence-electron chi connectivity index (χ4n) is 2.37. The van der Waals surface area contributed by atoms with E-state index >= 15 is 0 Å². The highest BCUT2D eigenvalue weighted by molar-refractivity contribution is 8.18. The van der Waals surface area contributed by atoms with Gasteiger partial charge < -0.3 is 14.5 Å². The van der Waals surface area contributed by atoms with Crippen LogP contribution >= 0.6 is 11.8 Å². The molecule has 146 valence electrons. The Kier molecular flexibility index (Phi) is 6.09. The third-order valence-electron chi connectivity index (χ3n) is 3.64. The molecular formula is C18H14F2N2O5S. The van der Waals surface area contributed by atoms with Crippen molar-refractivity contribution in [2.24, 2.45) is 0 Å². The number of imide groups is 1. The van der Waals surface area contributed by atoms with Crippen LogP contribution in [-0.2, 0) is 4.79 Å². The monoisotopic (exact) mass is 408 g/mol. The fraction of sp³-hybridized carbons (Fsp3) is 0.167. The summed E-state index contributed by atoms with van der Waals surface area (Å²) in [7, 11) is 0. The van der Waals surface area contributed by atoms with Crippen molar-refractivity contribution in [2.75, 3.05) is 13.1 Å². The van der Waals surface area contributed by atoms with Gasteiger partial charge in [-0.2, -0.15) is 8.78 Å². The maximum absolute atomic E-state index is 12.4. The van der Waals surface area contributed by atoms with Gasteiger partial charge in [-0.3, -0.25) is 19.3 Å². The van der Waals surface area contributed by atoms with Gasteiger partial charge in [-0.25, -0.2) is 0 Å². The number of thioether (sulfide) groups is 1. The molecule has 2 heterocycles. The standard InChI is InChI=1S/C18H14F2N2O5S/c19-17(20)27-12-5-3-11(4-6-12)10-14-16(24)22(18(25)28-14)8-7-21-15(23)13-2-1-9-26-13/h1-6,9-10,17H,7-8H2,(H,21,23)/b14-10-. The molecule has 0 aliphatic carbocycles. The van der Waals surface area contributed by atoms with Crippen molar-refractivity contribution in [3.05, 3.63) is 58.9 Å². The van der Waals surface area contributed by atoms with Gasteiger partial charge in [0, 0.05) is 13.1 Å². The molecule has 0 unspecified atom stereocenters. The van der Waals surface area contributed by atoms with Crippen LogP contribution in [-0.4, -0.2) is 41.7 Å². The highest BCUT2D eigenvalue weighted by Gasteiger charge is 2.34. The first-order valence-corrected chi connectivity index (χ1v) is 8.87. The van der Waals surface area contributed by atoms with Gasteiger partial charge in [0.25, 0.3) is 17.1 Å². The predicted octanol–water partition coefficient (Wildman–Crippen LogP) is 3.35. The lowest BCUT2D eigenvalue weighted by atomic mass is 10.2. The molecule has 10 heteroatoms. The molecule has 1 N–H and O–H groups in total. The molecule has 0 radical (unpaired) electrons. The van der Waals surface area contributed by atoms with Crippen molar-refractivity contribution >= 4 is 34.9 Å². The molecule has 0 bridgehead atoms. The van der Waals surface area contributed by atoms with Crippen molar-refractivity contribution in [3.8, 4) is 5.75 Å². The second-order valence-corrected chi connectivity index (χ2v) is 6.51. The number of ether oxygens (including phenoxy) is 1. The van der Waals surface area contributed by atoms with Gasteiger partial charge in [-0.05, 0) is 47.7 Å². The number of hydrogen-bond donors (Lipinski definition) is 1. The Morgan fingerprint density at radius 3 is 2.64 bits per heavy atom. The number of rotatable bonds is 7. The number of nitrogens with zero attached hydrogens (tertiary/aromatic N) is 1. The molecule has 3 amide bonds. The molecule has 1 aromatic heterocycles. The van der Waals surface area contributed by atoms with Crippen LogP contribution in [0.5, 0.6) is 5.75 Å². The molecule has 7 nitrogen and oxygen atoms in total. The number of carbonyl (C=O) groups is 3. The quantitative estimate of drug-likeness (QED) is 0.707. The largest absolute Gasteiger partial charge is 0.459 e. The van der Waals surface area contributed by atoms with Gasteiger partial charge >= 0.3 is 6.61 Å². The van der Waals surface area contributed by atoms with E-state index in [0.717, 1.165) is 16.7 Å². The number of halogens is 2. The fourth-order valence-corrected chi connectivity index (χ4v) is 3.23. The lowest BCUT2D eigenvalue weighted by Gasteiger charge is -2.12. The maximum atomic E-state index is 12.4. The van der Waals surface area contributed by atoms with E-state index in [9.17, 15) is 23.2 Å². The zero-order chi connectivity index (χ0) is 20.1. The van der Waals surface area contributed by atoms with Crippen LogP contribution in [0.3, 0.4) is 0 Å². The van der Waals surface area contributed by atoms with Crippen LogP contribution in [0.4, 0.5) is 13.6 Å². The third-order valence-corrected chi connectivity index (χ3v) is 4.55. The molecule has 1 aromatic carbocycles. The van der Waals surface area contributed by atoms with E-state index in [1.54, 1.807) is 6.07 Å². The molecule has 2 aromatic rings. The Morgan fingerprint density at radius 2 is 2.00 bits per heavy atom. The van der Waals surface area contributed by atoms with Gasteiger partial charge in [0.2, 0.25) is 0 Å². The summed E-state index contributed by atoms with van der Waals surface area (Å²) in [4.78, 5) is 37.5. The van der Waals surface area contributed by atoms with E-state index in [2.05, 4.69) is 10.1 Å². The highest BCUT2D eigenvalue weighted by atomic mass is 32.2. The predicted molar refractivity (Wildman–Crippen MR) is 96.8 cm³/mol. The summed E-state index contributed by atoms with van der Waals surface area (Å²) in [6.45, 7) is -2.84. The van der Waals surface area contributed by atoms with Crippen LogP contribution in [0.15, 0.2) is 52.0 Å². The lowest BCUT2D eigenvalue weighted by Crippen LogP contribution is -2.37. The van der Waals surface area contributed by atoms with Gasteiger partial charge in [0.15, 0.2) is 5.76 Å². The van der Waals surface area contributed by atoms with Crippen molar-refractivity contribution in [3.63, 3.8) is 0 Å².